The second-order valence-electron chi connectivity index (χ2n) is 4.91. The Morgan fingerprint density at radius 1 is 1.11 bits per heavy atom. The summed E-state index contributed by atoms with van der Waals surface area (Å²) in [5.41, 5.74) is 2.36. The standard InChI is InChI=1S/C16H18N2O/c1-2-4-16(14(3-1)11-18-15-5-6-15)19-12-13-7-9-17-10-8-13/h1-4,7-10,15,18H,5-6,11-12H2. The molecule has 0 spiro atoms. The molecule has 98 valence electrons. The van der Waals surface area contributed by atoms with Gasteiger partial charge in [-0.3, -0.25) is 4.98 Å². The van der Waals surface area contributed by atoms with E-state index in [1.54, 1.807) is 12.4 Å². The van der Waals surface area contributed by atoms with Gasteiger partial charge in [0.2, 0.25) is 0 Å². The van der Waals surface area contributed by atoms with E-state index in [1.807, 2.05) is 24.3 Å². The zero-order valence-corrected chi connectivity index (χ0v) is 10.9. The first-order chi connectivity index (χ1) is 9.42. The summed E-state index contributed by atoms with van der Waals surface area (Å²) < 4.78 is 5.91. The Morgan fingerprint density at radius 3 is 2.68 bits per heavy atom. The Kier molecular flexibility index (Phi) is 3.75. The van der Waals surface area contributed by atoms with Crippen molar-refractivity contribution in [3.63, 3.8) is 0 Å². The van der Waals surface area contributed by atoms with Crippen molar-refractivity contribution < 1.29 is 4.74 Å². The van der Waals surface area contributed by atoms with E-state index in [1.165, 1.54) is 18.4 Å². The number of para-hydroxylation sites is 1. The Labute approximate surface area is 113 Å². The van der Waals surface area contributed by atoms with Crippen LogP contribution >= 0.6 is 0 Å². The molecule has 0 atom stereocenters. The molecule has 3 nitrogen and oxygen atoms in total. The molecule has 1 aromatic carbocycles. The molecule has 2 aromatic rings. The van der Waals surface area contributed by atoms with Crippen molar-refractivity contribution in [1.29, 1.82) is 0 Å². The van der Waals surface area contributed by atoms with E-state index in [9.17, 15) is 0 Å². The van der Waals surface area contributed by atoms with Crippen LogP contribution in [0.1, 0.15) is 24.0 Å². The first-order valence-corrected chi connectivity index (χ1v) is 6.75. The maximum atomic E-state index is 5.91. The van der Waals surface area contributed by atoms with Gasteiger partial charge in [-0.15, -0.1) is 0 Å². The number of pyridine rings is 1. The second-order valence-corrected chi connectivity index (χ2v) is 4.91. The molecule has 0 saturated heterocycles. The molecule has 3 rings (SSSR count). The smallest absolute Gasteiger partial charge is 0.124 e. The first-order valence-electron chi connectivity index (χ1n) is 6.75. The van der Waals surface area contributed by atoms with E-state index in [2.05, 4.69) is 22.4 Å². The van der Waals surface area contributed by atoms with Crippen LogP contribution < -0.4 is 10.1 Å². The summed E-state index contributed by atoms with van der Waals surface area (Å²) >= 11 is 0. The average molecular weight is 254 g/mol. The highest BCUT2D eigenvalue weighted by molar-refractivity contribution is 5.33. The van der Waals surface area contributed by atoms with Crippen LogP contribution in [0.2, 0.25) is 0 Å². The molecular formula is C16H18N2O. The predicted octanol–water partition coefficient (Wildman–Crippen LogP) is 2.91. The van der Waals surface area contributed by atoms with Crippen molar-refractivity contribution in [2.75, 3.05) is 0 Å². The van der Waals surface area contributed by atoms with Crippen LogP contribution in [0.5, 0.6) is 5.75 Å². The fourth-order valence-corrected chi connectivity index (χ4v) is 1.97. The number of nitrogens with one attached hydrogen (secondary N) is 1. The SMILES string of the molecule is c1ccc(OCc2ccncc2)c(CNC2CC2)c1. The van der Waals surface area contributed by atoms with Crippen LogP contribution in [0.25, 0.3) is 0 Å². The minimum absolute atomic E-state index is 0.586. The summed E-state index contributed by atoms with van der Waals surface area (Å²) in [5.74, 6) is 0.965. The van der Waals surface area contributed by atoms with Crippen molar-refractivity contribution in [3.8, 4) is 5.75 Å². The lowest BCUT2D eigenvalue weighted by molar-refractivity contribution is 0.302. The molecular weight excluding hydrogens is 236 g/mol. The molecule has 1 aromatic heterocycles. The maximum absolute atomic E-state index is 5.91. The van der Waals surface area contributed by atoms with Gasteiger partial charge in [-0.25, -0.2) is 0 Å². The zero-order valence-electron chi connectivity index (χ0n) is 10.9. The van der Waals surface area contributed by atoms with Gasteiger partial charge in [0.15, 0.2) is 0 Å². The first kappa shape index (κ1) is 12.2. The van der Waals surface area contributed by atoms with Gasteiger partial charge in [0.25, 0.3) is 0 Å². The number of aromatic nitrogens is 1. The second kappa shape index (κ2) is 5.85. The summed E-state index contributed by atoms with van der Waals surface area (Å²) in [5, 5.41) is 3.52. The lowest BCUT2D eigenvalue weighted by Gasteiger charge is -2.12. The van der Waals surface area contributed by atoms with Crippen LogP contribution in [0, 0.1) is 0 Å². The van der Waals surface area contributed by atoms with E-state index in [4.69, 9.17) is 4.74 Å². The Morgan fingerprint density at radius 2 is 1.89 bits per heavy atom. The van der Waals surface area contributed by atoms with Gasteiger partial charge in [-0.1, -0.05) is 18.2 Å². The van der Waals surface area contributed by atoms with E-state index >= 15 is 0 Å². The normalized spacial score (nSPS) is 14.3. The highest BCUT2D eigenvalue weighted by atomic mass is 16.5. The molecule has 0 bridgehead atoms. The number of hydrogen-bond acceptors (Lipinski definition) is 3. The van der Waals surface area contributed by atoms with Gasteiger partial charge in [0, 0.05) is 30.5 Å². The van der Waals surface area contributed by atoms with Crippen molar-refractivity contribution >= 4 is 0 Å². The summed E-state index contributed by atoms with van der Waals surface area (Å²) in [6.07, 6.45) is 6.19. The molecule has 3 heteroatoms. The number of hydrogen-bond donors (Lipinski definition) is 1. The van der Waals surface area contributed by atoms with Gasteiger partial charge in [-0.2, -0.15) is 0 Å². The maximum Gasteiger partial charge on any atom is 0.124 e. The van der Waals surface area contributed by atoms with Crippen molar-refractivity contribution in [2.45, 2.75) is 32.0 Å². The van der Waals surface area contributed by atoms with Crippen molar-refractivity contribution in [1.82, 2.24) is 10.3 Å². The molecule has 1 aliphatic carbocycles. The average Bonchev–Trinajstić information content (AvgIpc) is 3.29. The van der Waals surface area contributed by atoms with E-state index < -0.39 is 0 Å². The third-order valence-electron chi connectivity index (χ3n) is 3.27. The van der Waals surface area contributed by atoms with Gasteiger partial charge in [0.1, 0.15) is 12.4 Å². The molecule has 1 N–H and O–H groups in total. The third-order valence-corrected chi connectivity index (χ3v) is 3.27. The lowest BCUT2D eigenvalue weighted by atomic mass is 10.2. The highest BCUT2D eigenvalue weighted by Gasteiger charge is 2.20. The molecule has 1 fully saturated rings. The van der Waals surface area contributed by atoms with Crippen LogP contribution in [0.4, 0.5) is 0 Å². The van der Waals surface area contributed by atoms with Gasteiger partial charge >= 0.3 is 0 Å². The fraction of sp³-hybridized carbons (Fsp3) is 0.312. The Hall–Kier alpha value is -1.87. The van der Waals surface area contributed by atoms with Crippen LogP contribution in [-0.2, 0) is 13.2 Å². The summed E-state index contributed by atoms with van der Waals surface area (Å²) in [6, 6.07) is 12.9. The molecule has 19 heavy (non-hydrogen) atoms. The third kappa shape index (κ3) is 3.55. The topological polar surface area (TPSA) is 34.1 Å². The van der Waals surface area contributed by atoms with Gasteiger partial charge < -0.3 is 10.1 Å². The number of ether oxygens (including phenoxy) is 1. The minimum Gasteiger partial charge on any atom is -0.489 e. The van der Waals surface area contributed by atoms with Crippen LogP contribution in [0.3, 0.4) is 0 Å². The zero-order chi connectivity index (χ0) is 12.9. The van der Waals surface area contributed by atoms with Crippen molar-refractivity contribution in [3.05, 3.63) is 59.9 Å². The van der Waals surface area contributed by atoms with Crippen LogP contribution in [0.15, 0.2) is 48.8 Å². The molecule has 1 heterocycles. The highest BCUT2D eigenvalue weighted by Crippen LogP contribution is 2.23. The van der Waals surface area contributed by atoms with Gasteiger partial charge in [0.05, 0.1) is 0 Å². The van der Waals surface area contributed by atoms with Crippen molar-refractivity contribution in [2.24, 2.45) is 0 Å². The predicted molar refractivity (Wildman–Crippen MR) is 74.9 cm³/mol. The van der Waals surface area contributed by atoms with E-state index in [0.717, 1.165) is 17.9 Å². The van der Waals surface area contributed by atoms with Crippen LogP contribution in [-0.4, -0.2) is 11.0 Å². The fourth-order valence-electron chi connectivity index (χ4n) is 1.97. The Bertz CT molecular complexity index is 523. The molecule has 1 saturated carbocycles. The Balaban J connectivity index is 1.62. The molecule has 0 unspecified atom stereocenters. The molecule has 0 aliphatic heterocycles. The minimum atomic E-state index is 0.586. The van der Waals surface area contributed by atoms with E-state index in [0.29, 0.717) is 12.6 Å². The van der Waals surface area contributed by atoms with Gasteiger partial charge in [-0.05, 0) is 36.6 Å². The largest absolute Gasteiger partial charge is 0.489 e. The number of rotatable bonds is 6. The number of benzene rings is 1. The van der Waals surface area contributed by atoms with E-state index in [-0.39, 0.29) is 0 Å². The monoisotopic (exact) mass is 254 g/mol. The molecule has 1 aliphatic rings. The molecule has 0 amide bonds. The summed E-state index contributed by atoms with van der Waals surface area (Å²) in [7, 11) is 0. The lowest BCUT2D eigenvalue weighted by Crippen LogP contribution is -2.16. The molecule has 0 radical (unpaired) electrons. The summed E-state index contributed by atoms with van der Waals surface area (Å²) in [4.78, 5) is 4.01. The quantitative estimate of drug-likeness (QED) is 0.860. The summed E-state index contributed by atoms with van der Waals surface area (Å²) in [6.45, 7) is 1.47. The number of nitrogens with zero attached hydrogens (tertiary/aromatic N) is 1.